The molecule has 0 saturated heterocycles. The fourth-order valence-corrected chi connectivity index (χ4v) is 6.60. The van der Waals surface area contributed by atoms with Gasteiger partial charge in [0.2, 0.25) is 0 Å². The quantitative estimate of drug-likeness (QED) is 0.225. The van der Waals surface area contributed by atoms with Gasteiger partial charge in [-0.15, -0.1) is 0 Å². The zero-order valence-corrected chi connectivity index (χ0v) is 22.5. The first kappa shape index (κ1) is 26.2. The molecule has 6 heteroatoms. The monoisotopic (exact) mass is 568 g/mol. The SMILES string of the molecule is Fc1ccc(C2=CC(=C3C=C(c4ccc(F)cc4)SC(c4ccc(F)cc4)=C3)C=C(c3ccc(F)cc3)S2)cc1. The van der Waals surface area contributed by atoms with E-state index in [1.165, 1.54) is 72.1 Å². The highest BCUT2D eigenvalue weighted by atomic mass is 32.2. The number of thioether (sulfide) groups is 2. The number of benzene rings is 4. The van der Waals surface area contributed by atoms with Crippen molar-refractivity contribution < 1.29 is 17.6 Å². The van der Waals surface area contributed by atoms with Crippen LogP contribution in [0.25, 0.3) is 19.6 Å². The van der Waals surface area contributed by atoms with E-state index >= 15 is 0 Å². The maximum atomic E-state index is 13.7. The summed E-state index contributed by atoms with van der Waals surface area (Å²) < 4.78 is 54.8. The lowest BCUT2D eigenvalue weighted by Gasteiger charge is -2.22. The second-order valence-electron chi connectivity index (χ2n) is 9.18. The van der Waals surface area contributed by atoms with Gasteiger partial charge >= 0.3 is 0 Å². The molecule has 4 aromatic carbocycles. The summed E-state index contributed by atoms with van der Waals surface area (Å²) in [7, 11) is 0. The van der Waals surface area contributed by atoms with Crippen LogP contribution in [0.5, 0.6) is 0 Å². The Hall–Kier alpha value is -4.00. The van der Waals surface area contributed by atoms with E-state index in [9.17, 15) is 17.6 Å². The molecule has 0 aromatic heterocycles. The van der Waals surface area contributed by atoms with Crippen molar-refractivity contribution >= 4 is 43.1 Å². The van der Waals surface area contributed by atoms with E-state index in [4.69, 9.17) is 0 Å². The maximum Gasteiger partial charge on any atom is 0.123 e. The van der Waals surface area contributed by atoms with Crippen molar-refractivity contribution in [3.63, 3.8) is 0 Å². The Morgan fingerprint density at radius 3 is 0.700 bits per heavy atom. The van der Waals surface area contributed by atoms with Crippen LogP contribution in [0.2, 0.25) is 0 Å². The Kier molecular flexibility index (Phi) is 7.37. The van der Waals surface area contributed by atoms with Crippen LogP contribution in [0, 0.1) is 23.3 Å². The van der Waals surface area contributed by atoms with E-state index in [-0.39, 0.29) is 23.3 Å². The Morgan fingerprint density at radius 2 is 0.500 bits per heavy atom. The number of halogens is 4. The summed E-state index contributed by atoms with van der Waals surface area (Å²) in [5.74, 6) is -1.27. The molecule has 0 amide bonds. The van der Waals surface area contributed by atoms with Gasteiger partial charge in [0.05, 0.1) is 0 Å². The lowest BCUT2D eigenvalue weighted by atomic mass is 10.00. The Morgan fingerprint density at radius 1 is 0.300 bits per heavy atom. The van der Waals surface area contributed by atoms with Gasteiger partial charge in [-0.2, -0.15) is 0 Å². The molecule has 4 aromatic rings. The van der Waals surface area contributed by atoms with E-state index < -0.39 is 0 Å². The van der Waals surface area contributed by atoms with Crippen molar-refractivity contribution in [2.45, 2.75) is 0 Å². The topological polar surface area (TPSA) is 0 Å². The Balaban J connectivity index is 1.54. The van der Waals surface area contributed by atoms with Gasteiger partial charge in [0.25, 0.3) is 0 Å². The maximum absolute atomic E-state index is 13.7. The second-order valence-corrected chi connectivity index (χ2v) is 11.3. The molecule has 0 N–H and O–H groups in total. The summed E-state index contributed by atoms with van der Waals surface area (Å²) in [6, 6.07) is 25.3. The molecule has 0 spiro atoms. The molecule has 2 aliphatic heterocycles. The van der Waals surface area contributed by atoms with Gasteiger partial charge < -0.3 is 0 Å². The summed E-state index contributed by atoms with van der Waals surface area (Å²) in [4.78, 5) is 3.65. The van der Waals surface area contributed by atoms with Gasteiger partial charge in [0.1, 0.15) is 23.3 Å². The molecule has 0 fully saturated rings. The van der Waals surface area contributed by atoms with Gasteiger partial charge in [-0.3, -0.25) is 0 Å². The van der Waals surface area contributed by atoms with Crippen LogP contribution in [0.15, 0.2) is 133 Å². The van der Waals surface area contributed by atoms with E-state index in [1.54, 1.807) is 48.5 Å². The third-order valence-electron chi connectivity index (χ3n) is 6.43. The number of hydrogen-bond donors (Lipinski definition) is 0. The summed E-state index contributed by atoms with van der Waals surface area (Å²) >= 11 is 3.06. The summed E-state index contributed by atoms with van der Waals surface area (Å²) in [5.41, 5.74) is 5.22. The molecule has 0 unspecified atom stereocenters. The third-order valence-corrected chi connectivity index (χ3v) is 8.73. The van der Waals surface area contributed by atoms with Crippen LogP contribution in [-0.2, 0) is 0 Å². The predicted molar refractivity (Wildman–Crippen MR) is 160 cm³/mol. The lowest BCUT2D eigenvalue weighted by Crippen LogP contribution is -1.97. The van der Waals surface area contributed by atoms with Gasteiger partial charge in [-0.1, -0.05) is 72.1 Å². The molecular formula is C34H20F4S2. The molecule has 0 atom stereocenters. The van der Waals surface area contributed by atoms with Crippen molar-refractivity contribution in [3.8, 4) is 0 Å². The summed E-state index contributed by atoms with van der Waals surface area (Å²) in [6.07, 6.45) is 8.20. The van der Waals surface area contributed by atoms with Gasteiger partial charge in [0, 0.05) is 19.6 Å². The summed E-state index contributed by atoms with van der Waals surface area (Å²) in [6.45, 7) is 0. The second kappa shape index (κ2) is 11.2. The molecule has 196 valence electrons. The largest absolute Gasteiger partial charge is 0.207 e. The lowest BCUT2D eigenvalue weighted by molar-refractivity contribution is 0.627. The molecule has 40 heavy (non-hydrogen) atoms. The predicted octanol–water partition coefficient (Wildman–Crippen LogP) is 10.5. The summed E-state index contributed by atoms with van der Waals surface area (Å²) in [5, 5.41) is 0. The van der Waals surface area contributed by atoms with Crippen LogP contribution in [0.4, 0.5) is 17.6 Å². The molecular weight excluding hydrogens is 549 g/mol. The van der Waals surface area contributed by atoms with Crippen molar-refractivity contribution in [2.75, 3.05) is 0 Å². The van der Waals surface area contributed by atoms with Gasteiger partial charge in [-0.25, -0.2) is 17.6 Å². The van der Waals surface area contributed by atoms with E-state index in [2.05, 4.69) is 0 Å². The highest BCUT2D eigenvalue weighted by molar-refractivity contribution is 8.17. The van der Waals surface area contributed by atoms with Crippen LogP contribution in [0.1, 0.15) is 22.3 Å². The molecule has 0 aliphatic carbocycles. The molecule has 2 aliphatic rings. The van der Waals surface area contributed by atoms with Crippen molar-refractivity contribution in [1.29, 1.82) is 0 Å². The van der Waals surface area contributed by atoms with Crippen LogP contribution >= 0.6 is 23.5 Å². The van der Waals surface area contributed by atoms with E-state index in [0.717, 1.165) is 53.0 Å². The normalized spacial score (nSPS) is 15.3. The Bertz CT molecular complexity index is 1470. The van der Waals surface area contributed by atoms with Crippen molar-refractivity contribution in [3.05, 3.63) is 178 Å². The fraction of sp³-hybridized carbons (Fsp3) is 0. The molecule has 0 nitrogen and oxygen atoms in total. The number of allylic oxidation sites excluding steroid dienone is 6. The average molecular weight is 569 g/mol. The van der Waals surface area contributed by atoms with Crippen LogP contribution in [-0.4, -0.2) is 0 Å². The zero-order chi connectivity index (χ0) is 27.6. The molecule has 2 heterocycles. The van der Waals surface area contributed by atoms with Crippen molar-refractivity contribution in [2.24, 2.45) is 0 Å². The number of hydrogen-bond acceptors (Lipinski definition) is 2. The minimum absolute atomic E-state index is 0.318. The smallest absolute Gasteiger partial charge is 0.123 e. The first-order chi connectivity index (χ1) is 19.4. The zero-order valence-electron chi connectivity index (χ0n) is 20.9. The molecule has 0 radical (unpaired) electrons. The van der Waals surface area contributed by atoms with Crippen LogP contribution in [0.3, 0.4) is 0 Å². The van der Waals surface area contributed by atoms with E-state index in [1.807, 2.05) is 24.3 Å². The fourth-order valence-electron chi connectivity index (χ4n) is 4.36. The molecule has 0 bridgehead atoms. The third kappa shape index (κ3) is 5.79. The first-order valence-electron chi connectivity index (χ1n) is 12.4. The highest BCUT2D eigenvalue weighted by Gasteiger charge is 2.20. The van der Waals surface area contributed by atoms with Crippen molar-refractivity contribution in [1.82, 2.24) is 0 Å². The average Bonchev–Trinajstić information content (AvgIpc) is 2.98. The van der Waals surface area contributed by atoms with Crippen LogP contribution < -0.4 is 0 Å². The van der Waals surface area contributed by atoms with Gasteiger partial charge in [-0.05, 0) is 106 Å². The first-order valence-corrected chi connectivity index (χ1v) is 14.1. The number of rotatable bonds is 4. The standard InChI is InChI=1S/C34H20F4S2/c35-27-9-1-21(2-10-27)31-17-25(18-32(39-31)22-3-11-28(36)12-4-22)26-19-33(23-5-13-29(37)14-6-23)40-34(20-26)24-7-15-30(38)16-8-24/h1-20H. The minimum atomic E-state index is -0.318. The minimum Gasteiger partial charge on any atom is -0.207 e. The molecule has 0 saturated carbocycles. The Labute approximate surface area is 238 Å². The molecule has 6 rings (SSSR count). The van der Waals surface area contributed by atoms with E-state index in [0.29, 0.717) is 0 Å². The highest BCUT2D eigenvalue weighted by Crippen LogP contribution is 2.48. The van der Waals surface area contributed by atoms with Gasteiger partial charge in [0.15, 0.2) is 0 Å².